The predicted octanol–water partition coefficient (Wildman–Crippen LogP) is 2.43. The van der Waals surface area contributed by atoms with Crippen molar-refractivity contribution in [2.75, 3.05) is 0 Å². The van der Waals surface area contributed by atoms with E-state index in [1.54, 1.807) is 17.1 Å². The van der Waals surface area contributed by atoms with E-state index < -0.39 is 29.8 Å². The van der Waals surface area contributed by atoms with Gasteiger partial charge in [-0.05, 0) is 17.7 Å². The van der Waals surface area contributed by atoms with E-state index in [0.29, 0.717) is 12.6 Å². The average Bonchev–Trinajstić information content (AvgIpc) is 3.09. The number of nitrogens with zero attached hydrogens (tertiary/aromatic N) is 3. The van der Waals surface area contributed by atoms with Gasteiger partial charge in [-0.3, -0.25) is 14.3 Å². The number of carbonyl (C=O) groups is 1. The largest absolute Gasteiger partial charge is 0.421 e. The number of amides is 1. The Balaban J connectivity index is 1.58. The van der Waals surface area contributed by atoms with Crippen LogP contribution in [0.5, 0.6) is 0 Å². The summed E-state index contributed by atoms with van der Waals surface area (Å²) in [5.41, 5.74) is -0.739. The van der Waals surface area contributed by atoms with E-state index >= 15 is 0 Å². The zero-order valence-corrected chi connectivity index (χ0v) is 14.7. The molecule has 1 N–H and O–H groups in total. The summed E-state index contributed by atoms with van der Waals surface area (Å²) in [4.78, 5) is 23.9. The topological polar surface area (TPSA) is 68.9 Å². The number of hydrogen-bond acceptors (Lipinski definition) is 3. The monoisotopic (exact) mass is 390 g/mol. The number of aromatic nitrogens is 3. The molecule has 3 rings (SSSR count). The van der Waals surface area contributed by atoms with E-state index in [2.05, 4.69) is 10.4 Å². The van der Waals surface area contributed by atoms with Gasteiger partial charge < -0.3 is 9.88 Å². The Morgan fingerprint density at radius 1 is 1.07 bits per heavy atom. The summed E-state index contributed by atoms with van der Waals surface area (Å²) in [6, 6.07) is 11.5. The lowest BCUT2D eigenvalue weighted by Crippen LogP contribution is -2.34. The van der Waals surface area contributed by atoms with E-state index in [-0.39, 0.29) is 6.54 Å². The summed E-state index contributed by atoms with van der Waals surface area (Å²) in [5.74, 6) is -0.572. The van der Waals surface area contributed by atoms with Gasteiger partial charge in [0.15, 0.2) is 0 Å². The van der Waals surface area contributed by atoms with E-state index in [0.717, 1.165) is 28.0 Å². The second-order valence-electron chi connectivity index (χ2n) is 6.16. The first kappa shape index (κ1) is 19.4. The Labute approximate surface area is 158 Å². The number of hydrogen-bond donors (Lipinski definition) is 1. The number of benzene rings is 1. The molecule has 2 aromatic heterocycles. The molecule has 146 valence electrons. The highest BCUT2D eigenvalue weighted by Crippen LogP contribution is 2.25. The van der Waals surface area contributed by atoms with Crippen molar-refractivity contribution in [1.29, 1.82) is 0 Å². The summed E-state index contributed by atoms with van der Waals surface area (Å²) in [7, 11) is 0. The van der Waals surface area contributed by atoms with Crippen LogP contribution in [0.4, 0.5) is 13.2 Å². The van der Waals surface area contributed by atoms with Gasteiger partial charge in [0.05, 0.1) is 12.7 Å². The summed E-state index contributed by atoms with van der Waals surface area (Å²) in [5, 5.41) is 6.79. The molecule has 0 spiro atoms. The average molecular weight is 390 g/mol. The Kier molecular flexibility index (Phi) is 5.62. The Morgan fingerprint density at radius 3 is 2.54 bits per heavy atom. The third-order valence-electron chi connectivity index (χ3n) is 4.00. The van der Waals surface area contributed by atoms with Crippen LogP contribution in [-0.2, 0) is 30.6 Å². The summed E-state index contributed by atoms with van der Waals surface area (Å²) < 4.78 is 40.8. The smallest absolute Gasteiger partial charge is 0.350 e. The summed E-state index contributed by atoms with van der Waals surface area (Å²) >= 11 is 0. The van der Waals surface area contributed by atoms with Crippen LogP contribution in [0.2, 0.25) is 0 Å². The van der Waals surface area contributed by atoms with Crippen molar-refractivity contribution < 1.29 is 18.0 Å². The number of nitrogens with one attached hydrogen (secondary N) is 1. The lowest BCUT2D eigenvalue weighted by atomic mass is 10.2. The van der Waals surface area contributed by atoms with Gasteiger partial charge in [-0.25, -0.2) is 0 Å². The van der Waals surface area contributed by atoms with Crippen LogP contribution >= 0.6 is 0 Å². The van der Waals surface area contributed by atoms with Gasteiger partial charge in [0, 0.05) is 24.5 Å². The van der Waals surface area contributed by atoms with Crippen LogP contribution in [0.3, 0.4) is 0 Å². The highest BCUT2D eigenvalue weighted by atomic mass is 19.4. The third kappa shape index (κ3) is 4.87. The number of alkyl halides is 3. The van der Waals surface area contributed by atoms with Crippen molar-refractivity contribution in [3.05, 3.63) is 88.1 Å². The number of pyridine rings is 1. The highest BCUT2D eigenvalue weighted by molar-refractivity contribution is 5.75. The molecule has 0 bridgehead atoms. The first-order valence-electron chi connectivity index (χ1n) is 8.41. The molecule has 0 aliphatic heterocycles. The van der Waals surface area contributed by atoms with Crippen molar-refractivity contribution in [3.8, 4) is 0 Å². The van der Waals surface area contributed by atoms with Crippen LogP contribution in [-0.4, -0.2) is 20.3 Å². The molecule has 2 heterocycles. The van der Waals surface area contributed by atoms with Gasteiger partial charge in [0.1, 0.15) is 12.1 Å². The fourth-order valence-electron chi connectivity index (χ4n) is 2.64. The van der Waals surface area contributed by atoms with Crippen molar-refractivity contribution in [2.24, 2.45) is 0 Å². The van der Waals surface area contributed by atoms with Crippen LogP contribution in [0, 0.1) is 0 Å². The maximum absolute atomic E-state index is 12.8. The molecule has 0 aliphatic rings. The molecule has 0 atom stereocenters. The molecule has 28 heavy (non-hydrogen) atoms. The quantitative estimate of drug-likeness (QED) is 0.703. The van der Waals surface area contributed by atoms with Crippen molar-refractivity contribution in [2.45, 2.75) is 25.8 Å². The van der Waals surface area contributed by atoms with Crippen LogP contribution in [0.15, 0.2) is 65.8 Å². The molecule has 0 unspecified atom stereocenters. The van der Waals surface area contributed by atoms with Gasteiger partial charge in [-0.2, -0.15) is 18.3 Å². The lowest BCUT2D eigenvalue weighted by molar-refractivity contribution is -0.139. The minimum Gasteiger partial charge on any atom is -0.350 e. The first-order valence-corrected chi connectivity index (χ1v) is 8.41. The molecule has 0 saturated heterocycles. The second kappa shape index (κ2) is 8.12. The fraction of sp³-hybridized carbons (Fsp3) is 0.211. The van der Waals surface area contributed by atoms with E-state index in [9.17, 15) is 22.8 Å². The fourth-order valence-corrected chi connectivity index (χ4v) is 2.64. The zero-order chi connectivity index (χ0) is 20.1. The number of halogens is 3. The standard InChI is InChI=1S/C19H17F3N4O2/c20-19(21,22)16-7-4-8-25(18(16)28)13-17(27)23-9-15-10-24-26(12-15)11-14-5-2-1-3-6-14/h1-8,10,12H,9,11,13H2,(H,23,27). The van der Waals surface area contributed by atoms with Crippen molar-refractivity contribution in [3.63, 3.8) is 0 Å². The maximum Gasteiger partial charge on any atom is 0.421 e. The van der Waals surface area contributed by atoms with Gasteiger partial charge in [-0.1, -0.05) is 30.3 Å². The molecule has 3 aromatic rings. The van der Waals surface area contributed by atoms with Gasteiger partial charge in [-0.15, -0.1) is 0 Å². The van der Waals surface area contributed by atoms with Crippen LogP contribution in [0.1, 0.15) is 16.7 Å². The van der Waals surface area contributed by atoms with E-state index in [4.69, 9.17) is 0 Å². The Morgan fingerprint density at radius 2 is 1.82 bits per heavy atom. The minimum atomic E-state index is -4.76. The minimum absolute atomic E-state index is 0.154. The second-order valence-corrected chi connectivity index (χ2v) is 6.16. The number of carbonyl (C=O) groups excluding carboxylic acids is 1. The summed E-state index contributed by atoms with van der Waals surface area (Å²) in [6.45, 7) is 0.233. The normalized spacial score (nSPS) is 11.4. The molecule has 1 aromatic carbocycles. The molecular formula is C19H17F3N4O2. The molecule has 1 amide bonds. The molecule has 0 aliphatic carbocycles. The molecular weight excluding hydrogens is 373 g/mol. The lowest BCUT2D eigenvalue weighted by Gasteiger charge is -2.10. The molecule has 0 radical (unpaired) electrons. The van der Waals surface area contributed by atoms with Gasteiger partial charge in [0.25, 0.3) is 5.56 Å². The first-order chi connectivity index (χ1) is 13.3. The number of rotatable bonds is 6. The SMILES string of the molecule is O=C(Cn1cccc(C(F)(F)F)c1=O)NCc1cnn(Cc2ccccc2)c1. The zero-order valence-electron chi connectivity index (χ0n) is 14.7. The third-order valence-corrected chi connectivity index (χ3v) is 4.00. The molecule has 6 nitrogen and oxygen atoms in total. The van der Waals surface area contributed by atoms with E-state index in [1.165, 1.54) is 0 Å². The maximum atomic E-state index is 12.8. The molecule has 0 saturated carbocycles. The Bertz CT molecular complexity index is 1010. The Hall–Kier alpha value is -3.36. The summed E-state index contributed by atoms with van der Waals surface area (Å²) in [6.07, 6.45) is -0.248. The molecule has 0 fully saturated rings. The van der Waals surface area contributed by atoms with Gasteiger partial charge in [0.2, 0.25) is 5.91 Å². The highest BCUT2D eigenvalue weighted by Gasteiger charge is 2.34. The van der Waals surface area contributed by atoms with Crippen LogP contribution in [0.25, 0.3) is 0 Å². The van der Waals surface area contributed by atoms with Gasteiger partial charge >= 0.3 is 6.18 Å². The molecule has 9 heteroatoms. The predicted molar refractivity (Wildman–Crippen MR) is 95.3 cm³/mol. The van der Waals surface area contributed by atoms with E-state index in [1.807, 2.05) is 30.3 Å². The van der Waals surface area contributed by atoms with Crippen molar-refractivity contribution in [1.82, 2.24) is 19.7 Å². The van der Waals surface area contributed by atoms with Crippen molar-refractivity contribution >= 4 is 5.91 Å². The van der Waals surface area contributed by atoms with Crippen LogP contribution < -0.4 is 10.9 Å².